The summed E-state index contributed by atoms with van der Waals surface area (Å²) in [6, 6.07) is 17.4. The number of aromatic carboxylic acids is 1. The third kappa shape index (κ3) is 2.10. The lowest BCUT2D eigenvalue weighted by Gasteiger charge is -2.06. The minimum atomic E-state index is -0.886. The molecule has 0 aliphatic carbocycles. The highest BCUT2D eigenvalue weighted by Crippen LogP contribution is 2.21. The first-order valence-corrected chi connectivity index (χ1v) is 6.11. The number of aromatic nitrogens is 1. The maximum atomic E-state index is 11.2. The summed E-state index contributed by atoms with van der Waals surface area (Å²) >= 11 is 0. The van der Waals surface area contributed by atoms with Crippen molar-refractivity contribution in [3.63, 3.8) is 0 Å². The highest BCUT2D eigenvalue weighted by molar-refractivity contribution is 6.02. The zero-order chi connectivity index (χ0) is 13.2. The molecule has 0 fully saturated rings. The molecule has 2 aromatic carbocycles. The van der Waals surface area contributed by atoms with E-state index in [-0.39, 0.29) is 0 Å². The Morgan fingerprint density at radius 2 is 1.79 bits per heavy atom. The summed E-state index contributed by atoms with van der Waals surface area (Å²) < 4.78 is 2.07. The van der Waals surface area contributed by atoms with Crippen LogP contribution in [0.1, 0.15) is 15.9 Å². The summed E-state index contributed by atoms with van der Waals surface area (Å²) in [5.74, 6) is -0.886. The molecule has 0 spiro atoms. The van der Waals surface area contributed by atoms with Crippen LogP contribution < -0.4 is 0 Å². The predicted octanol–water partition coefficient (Wildman–Crippen LogP) is 3.39. The van der Waals surface area contributed by atoms with Gasteiger partial charge in [-0.3, -0.25) is 0 Å². The number of nitrogens with zero attached hydrogens (tertiary/aromatic N) is 1. The molecule has 3 aromatic rings. The number of hydrogen-bond acceptors (Lipinski definition) is 1. The van der Waals surface area contributed by atoms with Crippen LogP contribution in [0.15, 0.2) is 60.8 Å². The van der Waals surface area contributed by atoms with Gasteiger partial charge < -0.3 is 9.67 Å². The summed E-state index contributed by atoms with van der Waals surface area (Å²) in [5.41, 5.74) is 2.49. The Morgan fingerprint density at radius 1 is 1.00 bits per heavy atom. The summed E-state index contributed by atoms with van der Waals surface area (Å²) in [6.45, 7) is 0.743. The largest absolute Gasteiger partial charge is 0.478 e. The molecular formula is C16H13NO2. The van der Waals surface area contributed by atoms with Gasteiger partial charge in [0.05, 0.1) is 5.56 Å². The topological polar surface area (TPSA) is 42.2 Å². The number of benzene rings is 2. The first-order valence-electron chi connectivity index (χ1n) is 6.11. The van der Waals surface area contributed by atoms with E-state index in [0.29, 0.717) is 5.56 Å². The molecule has 0 saturated heterocycles. The van der Waals surface area contributed by atoms with Crippen LogP contribution in [0.2, 0.25) is 0 Å². The minimum Gasteiger partial charge on any atom is -0.478 e. The Morgan fingerprint density at radius 3 is 2.53 bits per heavy atom. The first kappa shape index (κ1) is 11.5. The van der Waals surface area contributed by atoms with E-state index in [2.05, 4.69) is 16.7 Å². The smallest absolute Gasteiger partial charge is 0.336 e. The molecule has 1 N–H and O–H groups in total. The van der Waals surface area contributed by atoms with Crippen LogP contribution in [0.3, 0.4) is 0 Å². The molecule has 0 amide bonds. The van der Waals surface area contributed by atoms with Crippen LogP contribution in [-0.2, 0) is 6.54 Å². The lowest BCUT2D eigenvalue weighted by Crippen LogP contribution is -1.99. The molecule has 0 bridgehead atoms. The lowest BCUT2D eigenvalue weighted by atomic mass is 10.1. The van der Waals surface area contributed by atoms with Crippen molar-refractivity contribution in [2.75, 3.05) is 0 Å². The van der Waals surface area contributed by atoms with E-state index >= 15 is 0 Å². The molecule has 1 aromatic heterocycles. The second-order valence-electron chi connectivity index (χ2n) is 4.47. The van der Waals surface area contributed by atoms with Crippen molar-refractivity contribution in [3.8, 4) is 0 Å². The van der Waals surface area contributed by atoms with Crippen LogP contribution in [-0.4, -0.2) is 15.6 Å². The average Bonchev–Trinajstić information content (AvgIpc) is 2.83. The van der Waals surface area contributed by atoms with Crippen molar-refractivity contribution in [2.45, 2.75) is 6.54 Å². The number of hydrogen-bond donors (Lipinski definition) is 1. The van der Waals surface area contributed by atoms with Crippen molar-refractivity contribution < 1.29 is 9.90 Å². The van der Waals surface area contributed by atoms with Crippen molar-refractivity contribution >= 4 is 16.9 Å². The third-order valence-electron chi connectivity index (χ3n) is 3.24. The Bertz CT molecular complexity index is 729. The van der Waals surface area contributed by atoms with E-state index in [4.69, 9.17) is 0 Å². The Balaban J connectivity index is 2.07. The van der Waals surface area contributed by atoms with E-state index < -0.39 is 5.97 Å². The summed E-state index contributed by atoms with van der Waals surface area (Å²) in [7, 11) is 0. The maximum Gasteiger partial charge on any atom is 0.336 e. The van der Waals surface area contributed by atoms with E-state index in [1.165, 1.54) is 5.56 Å². The fourth-order valence-corrected chi connectivity index (χ4v) is 2.33. The average molecular weight is 251 g/mol. The van der Waals surface area contributed by atoms with Gasteiger partial charge in [-0.1, -0.05) is 36.4 Å². The molecule has 1 heterocycles. The lowest BCUT2D eigenvalue weighted by molar-refractivity contribution is 0.0699. The summed E-state index contributed by atoms with van der Waals surface area (Å²) in [6.07, 6.45) is 1.93. The Hall–Kier alpha value is -2.55. The van der Waals surface area contributed by atoms with Gasteiger partial charge >= 0.3 is 5.97 Å². The highest BCUT2D eigenvalue weighted by Gasteiger charge is 2.10. The molecule has 3 nitrogen and oxygen atoms in total. The Kier molecular flexibility index (Phi) is 2.80. The summed E-state index contributed by atoms with van der Waals surface area (Å²) in [4.78, 5) is 11.2. The number of carboxylic acids is 1. The van der Waals surface area contributed by atoms with E-state index in [9.17, 15) is 9.90 Å². The molecule has 3 rings (SSSR count). The number of carbonyl (C=O) groups is 1. The number of rotatable bonds is 3. The fourth-order valence-electron chi connectivity index (χ4n) is 2.33. The van der Waals surface area contributed by atoms with Gasteiger partial charge in [0, 0.05) is 23.6 Å². The molecule has 0 atom stereocenters. The van der Waals surface area contributed by atoms with Crippen molar-refractivity contribution in [2.24, 2.45) is 0 Å². The second kappa shape index (κ2) is 4.61. The molecule has 19 heavy (non-hydrogen) atoms. The van der Waals surface area contributed by atoms with Crippen molar-refractivity contribution in [3.05, 3.63) is 71.9 Å². The molecule has 0 aliphatic heterocycles. The van der Waals surface area contributed by atoms with Gasteiger partial charge in [0.15, 0.2) is 0 Å². The minimum absolute atomic E-state index is 0.351. The van der Waals surface area contributed by atoms with Crippen LogP contribution in [0.5, 0.6) is 0 Å². The molecular weight excluding hydrogens is 238 g/mol. The molecule has 3 heteroatoms. The van der Waals surface area contributed by atoms with Crippen molar-refractivity contribution in [1.82, 2.24) is 4.57 Å². The van der Waals surface area contributed by atoms with Gasteiger partial charge in [0.1, 0.15) is 0 Å². The zero-order valence-electron chi connectivity index (χ0n) is 10.3. The van der Waals surface area contributed by atoms with Gasteiger partial charge in [0.25, 0.3) is 0 Å². The normalized spacial score (nSPS) is 10.7. The molecule has 0 aliphatic rings. The third-order valence-corrected chi connectivity index (χ3v) is 3.24. The maximum absolute atomic E-state index is 11.2. The quantitative estimate of drug-likeness (QED) is 0.775. The predicted molar refractivity (Wildman–Crippen MR) is 74.4 cm³/mol. The monoisotopic (exact) mass is 251 g/mol. The fraction of sp³-hybridized carbons (Fsp3) is 0.0625. The van der Waals surface area contributed by atoms with E-state index in [1.54, 1.807) is 12.1 Å². The van der Waals surface area contributed by atoms with Gasteiger partial charge in [0.2, 0.25) is 0 Å². The highest BCUT2D eigenvalue weighted by atomic mass is 16.4. The van der Waals surface area contributed by atoms with Crippen LogP contribution in [0, 0.1) is 0 Å². The van der Waals surface area contributed by atoms with Gasteiger partial charge in [-0.05, 0) is 23.8 Å². The van der Waals surface area contributed by atoms with Gasteiger partial charge in [-0.2, -0.15) is 0 Å². The number of carboxylic acid groups (broad SMARTS) is 1. The van der Waals surface area contributed by atoms with Crippen LogP contribution in [0.4, 0.5) is 0 Å². The Labute approximate surface area is 110 Å². The summed E-state index contributed by atoms with van der Waals surface area (Å²) in [5, 5.41) is 9.96. The molecule has 0 saturated carbocycles. The van der Waals surface area contributed by atoms with Crippen LogP contribution in [0.25, 0.3) is 10.9 Å². The molecule has 0 unspecified atom stereocenters. The first-order chi connectivity index (χ1) is 9.25. The second-order valence-corrected chi connectivity index (χ2v) is 4.47. The SMILES string of the molecule is O=C(O)c1cccc2c1ccn2Cc1ccccc1. The van der Waals surface area contributed by atoms with Crippen molar-refractivity contribution in [1.29, 1.82) is 0 Å². The molecule has 94 valence electrons. The standard InChI is InChI=1S/C16H13NO2/c18-16(19)14-7-4-8-15-13(14)9-10-17(15)11-12-5-2-1-3-6-12/h1-10H,11H2,(H,18,19). The number of fused-ring (bicyclic) bond motifs is 1. The van der Waals surface area contributed by atoms with Crippen LogP contribution >= 0.6 is 0 Å². The van der Waals surface area contributed by atoms with E-state index in [1.807, 2.05) is 36.5 Å². The zero-order valence-corrected chi connectivity index (χ0v) is 10.3. The van der Waals surface area contributed by atoms with Gasteiger partial charge in [-0.15, -0.1) is 0 Å². The molecule has 0 radical (unpaired) electrons. The van der Waals surface area contributed by atoms with E-state index in [0.717, 1.165) is 17.4 Å². The van der Waals surface area contributed by atoms with Gasteiger partial charge in [-0.25, -0.2) is 4.79 Å².